The summed E-state index contributed by atoms with van der Waals surface area (Å²) in [5.74, 6) is -0.553. The van der Waals surface area contributed by atoms with E-state index in [0.717, 1.165) is 24.0 Å². The normalized spacial score (nSPS) is 14.1. The highest BCUT2D eigenvalue weighted by Gasteiger charge is 2.34. The Labute approximate surface area is 193 Å². The molecule has 3 amide bonds. The average Bonchev–Trinajstić information content (AvgIpc) is 2.67. The van der Waals surface area contributed by atoms with Crippen molar-refractivity contribution in [2.24, 2.45) is 0 Å². The Morgan fingerprint density at radius 3 is 2.09 bits per heavy atom. The van der Waals surface area contributed by atoms with Crippen molar-refractivity contribution in [1.29, 1.82) is 0 Å². The molecule has 0 saturated carbocycles. The lowest BCUT2D eigenvalue weighted by atomic mass is 10.0. The van der Waals surface area contributed by atoms with E-state index in [0.29, 0.717) is 13.0 Å². The molecule has 0 aromatic heterocycles. The van der Waals surface area contributed by atoms with Gasteiger partial charge in [0.25, 0.3) is 0 Å². The predicted octanol–water partition coefficient (Wildman–Crippen LogP) is 4.49. The van der Waals surface area contributed by atoms with Crippen LogP contribution in [0.5, 0.6) is 0 Å². The van der Waals surface area contributed by atoms with Crippen LogP contribution in [0.3, 0.4) is 0 Å². The molecule has 3 atom stereocenters. The van der Waals surface area contributed by atoms with Crippen LogP contribution in [0.4, 0.5) is 4.79 Å². The molecule has 0 aliphatic heterocycles. The van der Waals surface area contributed by atoms with E-state index in [-0.39, 0.29) is 17.9 Å². The molecule has 0 bridgehead atoms. The zero-order valence-corrected chi connectivity index (χ0v) is 21.0. The Hall–Kier alpha value is -2.57. The Morgan fingerprint density at radius 1 is 1.00 bits per heavy atom. The highest BCUT2D eigenvalue weighted by Crippen LogP contribution is 2.24. The first-order valence-corrected chi connectivity index (χ1v) is 11.6. The van der Waals surface area contributed by atoms with Gasteiger partial charge in [-0.15, -0.1) is 0 Å². The number of carbonyl (C=O) groups excluding carboxylic acids is 3. The summed E-state index contributed by atoms with van der Waals surface area (Å²) in [6, 6.07) is 5.99. The number of rotatable bonds is 10. The number of hydrogen-bond donors (Lipinski definition) is 2. The second-order valence-electron chi connectivity index (χ2n) is 9.41. The molecular formula is C25H41N3O4. The molecule has 7 heteroatoms. The van der Waals surface area contributed by atoms with Crippen LogP contribution in [-0.2, 0) is 14.3 Å². The molecule has 0 aliphatic rings. The molecule has 0 fully saturated rings. The summed E-state index contributed by atoms with van der Waals surface area (Å²) in [6.07, 6.45) is 1.81. The van der Waals surface area contributed by atoms with E-state index < -0.39 is 23.8 Å². The predicted molar refractivity (Wildman–Crippen MR) is 127 cm³/mol. The molecule has 0 aliphatic carbocycles. The number of carbonyl (C=O) groups is 3. The van der Waals surface area contributed by atoms with Gasteiger partial charge < -0.3 is 20.3 Å². The summed E-state index contributed by atoms with van der Waals surface area (Å²) in [5.41, 5.74) is 1.14. The Kier molecular flexibility index (Phi) is 10.7. The summed E-state index contributed by atoms with van der Waals surface area (Å²) < 4.78 is 5.28. The number of hydrogen-bond acceptors (Lipinski definition) is 4. The molecule has 180 valence electrons. The summed E-state index contributed by atoms with van der Waals surface area (Å²) in [6.45, 7) is 15.2. The highest BCUT2D eigenvalue weighted by molar-refractivity contribution is 5.92. The van der Waals surface area contributed by atoms with Gasteiger partial charge in [0, 0.05) is 12.6 Å². The van der Waals surface area contributed by atoms with Crippen LogP contribution in [0.1, 0.15) is 84.9 Å². The lowest BCUT2D eigenvalue weighted by molar-refractivity contribution is -0.142. The van der Waals surface area contributed by atoms with Crippen molar-refractivity contribution < 1.29 is 19.1 Å². The van der Waals surface area contributed by atoms with E-state index in [1.165, 1.54) is 0 Å². The van der Waals surface area contributed by atoms with Gasteiger partial charge in [-0.05, 0) is 59.9 Å². The molecule has 32 heavy (non-hydrogen) atoms. The average molecular weight is 448 g/mol. The van der Waals surface area contributed by atoms with Crippen molar-refractivity contribution in [3.63, 3.8) is 0 Å². The lowest BCUT2D eigenvalue weighted by Gasteiger charge is -2.34. The SMILES string of the molecule is CCCC(C)NC(=O)C(c1ccc(C)cc1)N(CCC)C(=O)C(C)NC(=O)OC(C)(C)C. The van der Waals surface area contributed by atoms with Crippen LogP contribution in [-0.4, -0.2) is 47.0 Å². The molecule has 2 N–H and O–H groups in total. The van der Waals surface area contributed by atoms with Crippen LogP contribution in [0.15, 0.2) is 24.3 Å². The van der Waals surface area contributed by atoms with E-state index in [4.69, 9.17) is 4.74 Å². The first-order valence-electron chi connectivity index (χ1n) is 11.6. The Morgan fingerprint density at radius 2 is 1.59 bits per heavy atom. The van der Waals surface area contributed by atoms with Gasteiger partial charge in [0.15, 0.2) is 0 Å². The van der Waals surface area contributed by atoms with Crippen LogP contribution >= 0.6 is 0 Å². The third-order valence-corrected chi connectivity index (χ3v) is 4.91. The largest absolute Gasteiger partial charge is 0.444 e. The summed E-state index contributed by atoms with van der Waals surface area (Å²) in [7, 11) is 0. The van der Waals surface area contributed by atoms with Gasteiger partial charge in [-0.1, -0.05) is 50.1 Å². The molecule has 1 rings (SSSR count). The minimum atomic E-state index is -0.842. The molecule has 0 radical (unpaired) electrons. The fourth-order valence-electron chi connectivity index (χ4n) is 3.45. The molecular weight excluding hydrogens is 406 g/mol. The number of alkyl carbamates (subject to hydrolysis) is 1. The van der Waals surface area contributed by atoms with Crippen molar-refractivity contribution in [3.8, 4) is 0 Å². The third-order valence-electron chi connectivity index (χ3n) is 4.91. The third kappa shape index (κ3) is 8.89. The number of aryl methyl sites for hydroxylation is 1. The fourth-order valence-corrected chi connectivity index (χ4v) is 3.45. The van der Waals surface area contributed by atoms with Crippen LogP contribution in [0.25, 0.3) is 0 Å². The maximum absolute atomic E-state index is 13.4. The van der Waals surface area contributed by atoms with E-state index in [2.05, 4.69) is 17.6 Å². The van der Waals surface area contributed by atoms with Gasteiger partial charge in [0.2, 0.25) is 11.8 Å². The van der Waals surface area contributed by atoms with Gasteiger partial charge in [-0.2, -0.15) is 0 Å². The van der Waals surface area contributed by atoms with Crippen molar-refractivity contribution in [2.45, 2.75) is 98.4 Å². The van der Waals surface area contributed by atoms with Gasteiger partial charge >= 0.3 is 6.09 Å². The van der Waals surface area contributed by atoms with Crippen LogP contribution in [0.2, 0.25) is 0 Å². The maximum Gasteiger partial charge on any atom is 0.408 e. The number of amides is 3. The smallest absolute Gasteiger partial charge is 0.408 e. The standard InChI is InChI=1S/C25H41N3O4/c1-9-11-18(4)26-22(29)21(20-14-12-17(3)13-15-20)28(16-10-2)23(30)19(5)27-24(31)32-25(6,7)8/h12-15,18-19,21H,9-11,16H2,1-8H3,(H,26,29)(H,27,31). The number of ether oxygens (including phenoxy) is 1. The minimum absolute atomic E-state index is 0.00339. The van der Waals surface area contributed by atoms with Crippen molar-refractivity contribution >= 4 is 17.9 Å². The molecule has 3 unspecified atom stereocenters. The van der Waals surface area contributed by atoms with E-state index >= 15 is 0 Å². The highest BCUT2D eigenvalue weighted by atomic mass is 16.6. The quantitative estimate of drug-likeness (QED) is 0.553. The number of benzene rings is 1. The molecule has 0 saturated heterocycles. The molecule has 0 heterocycles. The van der Waals surface area contributed by atoms with Crippen molar-refractivity contribution in [3.05, 3.63) is 35.4 Å². The Balaban J connectivity index is 3.21. The van der Waals surface area contributed by atoms with Gasteiger partial charge in [-0.25, -0.2) is 4.79 Å². The fraction of sp³-hybridized carbons (Fsp3) is 0.640. The van der Waals surface area contributed by atoms with Gasteiger partial charge in [0.05, 0.1) is 0 Å². The molecule has 1 aromatic rings. The van der Waals surface area contributed by atoms with E-state index in [1.54, 1.807) is 32.6 Å². The number of nitrogens with zero attached hydrogens (tertiary/aromatic N) is 1. The first-order chi connectivity index (χ1) is 14.9. The molecule has 0 spiro atoms. The second kappa shape index (κ2) is 12.5. The van der Waals surface area contributed by atoms with E-state index in [1.807, 2.05) is 45.0 Å². The van der Waals surface area contributed by atoms with Gasteiger partial charge in [-0.3, -0.25) is 9.59 Å². The number of nitrogens with one attached hydrogen (secondary N) is 2. The lowest BCUT2D eigenvalue weighted by Crippen LogP contribution is -2.52. The Bertz CT molecular complexity index is 755. The van der Waals surface area contributed by atoms with Gasteiger partial charge in [0.1, 0.15) is 17.7 Å². The van der Waals surface area contributed by atoms with E-state index in [9.17, 15) is 14.4 Å². The van der Waals surface area contributed by atoms with Crippen molar-refractivity contribution in [2.75, 3.05) is 6.54 Å². The zero-order chi connectivity index (χ0) is 24.5. The molecule has 1 aromatic carbocycles. The monoisotopic (exact) mass is 447 g/mol. The summed E-state index contributed by atoms with van der Waals surface area (Å²) >= 11 is 0. The minimum Gasteiger partial charge on any atom is -0.444 e. The topological polar surface area (TPSA) is 87.7 Å². The zero-order valence-electron chi connectivity index (χ0n) is 21.0. The summed E-state index contributed by atoms with van der Waals surface area (Å²) in [4.78, 5) is 40.5. The first kappa shape index (κ1) is 27.5. The van der Waals surface area contributed by atoms with Crippen molar-refractivity contribution in [1.82, 2.24) is 15.5 Å². The second-order valence-corrected chi connectivity index (χ2v) is 9.41. The maximum atomic E-state index is 13.4. The molecule has 7 nitrogen and oxygen atoms in total. The summed E-state index contributed by atoms with van der Waals surface area (Å²) in [5, 5.41) is 5.66. The van der Waals surface area contributed by atoms with Crippen LogP contribution in [0, 0.1) is 6.92 Å². The van der Waals surface area contributed by atoms with Crippen LogP contribution < -0.4 is 10.6 Å².